The average molecular weight is 238 g/mol. The number of thiophene rings is 1. The van der Waals surface area contributed by atoms with E-state index in [1.807, 2.05) is 18.4 Å². The van der Waals surface area contributed by atoms with E-state index in [1.165, 1.54) is 18.3 Å². The van der Waals surface area contributed by atoms with Crippen molar-refractivity contribution in [2.45, 2.75) is 20.3 Å². The van der Waals surface area contributed by atoms with Gasteiger partial charge in [0.15, 0.2) is 0 Å². The SMILES string of the molecule is CC=CCC(C(C)=O)C(=O)Oc1ccsc1. The highest BCUT2D eigenvalue weighted by Crippen LogP contribution is 2.18. The van der Waals surface area contributed by atoms with Crippen LogP contribution in [0.3, 0.4) is 0 Å². The van der Waals surface area contributed by atoms with Crippen LogP contribution in [0.15, 0.2) is 29.0 Å². The first-order valence-electron chi connectivity index (χ1n) is 5.00. The van der Waals surface area contributed by atoms with Gasteiger partial charge in [0.05, 0.1) is 0 Å². The zero-order valence-electron chi connectivity index (χ0n) is 9.30. The second-order valence-corrected chi connectivity index (χ2v) is 4.13. The largest absolute Gasteiger partial charge is 0.425 e. The van der Waals surface area contributed by atoms with Gasteiger partial charge in [0.1, 0.15) is 17.5 Å². The molecule has 0 aliphatic heterocycles. The van der Waals surface area contributed by atoms with Crippen LogP contribution in [0, 0.1) is 5.92 Å². The van der Waals surface area contributed by atoms with Crippen molar-refractivity contribution in [1.82, 2.24) is 0 Å². The Bertz CT molecular complexity index is 379. The summed E-state index contributed by atoms with van der Waals surface area (Å²) in [7, 11) is 0. The first kappa shape index (κ1) is 12.6. The van der Waals surface area contributed by atoms with Crippen molar-refractivity contribution in [2.75, 3.05) is 0 Å². The van der Waals surface area contributed by atoms with E-state index in [-0.39, 0.29) is 5.78 Å². The molecule has 1 aromatic heterocycles. The summed E-state index contributed by atoms with van der Waals surface area (Å²) < 4.78 is 5.09. The zero-order chi connectivity index (χ0) is 12.0. The molecule has 0 fully saturated rings. The minimum absolute atomic E-state index is 0.168. The van der Waals surface area contributed by atoms with Crippen molar-refractivity contribution in [3.05, 3.63) is 29.0 Å². The number of ketones is 1. The van der Waals surface area contributed by atoms with Crippen molar-refractivity contribution in [1.29, 1.82) is 0 Å². The Kier molecular flexibility index (Phi) is 4.92. The minimum atomic E-state index is -0.698. The third-order valence-corrected chi connectivity index (χ3v) is 2.76. The van der Waals surface area contributed by atoms with Gasteiger partial charge in [-0.25, -0.2) is 0 Å². The number of esters is 1. The molecule has 0 amide bonds. The third kappa shape index (κ3) is 3.62. The van der Waals surface area contributed by atoms with Gasteiger partial charge in [-0.2, -0.15) is 0 Å². The average Bonchev–Trinajstić information content (AvgIpc) is 2.70. The molecule has 0 bridgehead atoms. The van der Waals surface area contributed by atoms with Crippen LogP contribution in [-0.4, -0.2) is 11.8 Å². The summed E-state index contributed by atoms with van der Waals surface area (Å²) in [6.07, 6.45) is 4.00. The second kappa shape index (κ2) is 6.23. The molecule has 0 aliphatic rings. The van der Waals surface area contributed by atoms with Crippen LogP contribution in [0.5, 0.6) is 5.75 Å². The van der Waals surface area contributed by atoms with Gasteiger partial charge in [0.2, 0.25) is 0 Å². The van der Waals surface area contributed by atoms with Gasteiger partial charge in [-0.1, -0.05) is 12.2 Å². The molecule has 0 aromatic carbocycles. The molecule has 0 N–H and O–H groups in total. The number of allylic oxidation sites excluding steroid dienone is 2. The Hall–Kier alpha value is -1.42. The summed E-state index contributed by atoms with van der Waals surface area (Å²) in [4.78, 5) is 23.0. The first-order chi connectivity index (χ1) is 7.65. The van der Waals surface area contributed by atoms with E-state index in [0.29, 0.717) is 12.2 Å². The molecule has 0 aliphatic carbocycles. The number of rotatable bonds is 5. The molecule has 3 nitrogen and oxygen atoms in total. The Morgan fingerprint density at radius 1 is 1.56 bits per heavy atom. The van der Waals surface area contributed by atoms with Crippen LogP contribution in [0.25, 0.3) is 0 Å². The minimum Gasteiger partial charge on any atom is -0.425 e. The number of ether oxygens (including phenoxy) is 1. The summed E-state index contributed by atoms with van der Waals surface area (Å²) >= 11 is 1.44. The predicted molar refractivity (Wildman–Crippen MR) is 63.6 cm³/mol. The van der Waals surface area contributed by atoms with Crippen LogP contribution >= 0.6 is 11.3 Å². The Labute approximate surface area is 98.7 Å². The van der Waals surface area contributed by atoms with Crippen LogP contribution in [0.4, 0.5) is 0 Å². The first-order valence-corrected chi connectivity index (χ1v) is 5.95. The van der Waals surface area contributed by atoms with E-state index < -0.39 is 11.9 Å². The van der Waals surface area contributed by atoms with Crippen LogP contribution < -0.4 is 4.74 Å². The predicted octanol–water partition coefficient (Wildman–Crippen LogP) is 2.82. The lowest BCUT2D eigenvalue weighted by atomic mass is 10.0. The maximum absolute atomic E-state index is 11.7. The van der Waals surface area contributed by atoms with Crippen LogP contribution in [0.1, 0.15) is 20.3 Å². The lowest BCUT2D eigenvalue weighted by molar-refractivity contribution is -0.143. The molecule has 1 unspecified atom stereocenters. The van der Waals surface area contributed by atoms with Gasteiger partial charge in [-0.3, -0.25) is 9.59 Å². The third-order valence-electron chi connectivity index (χ3n) is 2.10. The molecule has 1 heterocycles. The fourth-order valence-electron chi connectivity index (χ4n) is 1.20. The molecule has 0 saturated carbocycles. The molecule has 0 spiro atoms. The topological polar surface area (TPSA) is 43.4 Å². The smallest absolute Gasteiger partial charge is 0.322 e. The lowest BCUT2D eigenvalue weighted by Crippen LogP contribution is -2.25. The van der Waals surface area contributed by atoms with Gasteiger partial charge in [0, 0.05) is 5.38 Å². The second-order valence-electron chi connectivity index (χ2n) is 3.35. The maximum atomic E-state index is 11.7. The van der Waals surface area contributed by atoms with Gasteiger partial charge in [0.25, 0.3) is 0 Å². The Morgan fingerprint density at radius 3 is 2.81 bits per heavy atom. The molecule has 1 rings (SSSR count). The van der Waals surface area contributed by atoms with Crippen molar-refractivity contribution in [2.24, 2.45) is 5.92 Å². The molecule has 1 atom stereocenters. The maximum Gasteiger partial charge on any atom is 0.322 e. The van der Waals surface area contributed by atoms with E-state index in [9.17, 15) is 9.59 Å². The molecule has 4 heteroatoms. The molecule has 86 valence electrons. The van der Waals surface area contributed by atoms with E-state index in [4.69, 9.17) is 4.74 Å². The van der Waals surface area contributed by atoms with Crippen molar-refractivity contribution < 1.29 is 14.3 Å². The van der Waals surface area contributed by atoms with Crippen LogP contribution in [0.2, 0.25) is 0 Å². The van der Waals surface area contributed by atoms with Gasteiger partial charge in [-0.05, 0) is 31.7 Å². The molecular formula is C12H14O3S. The Morgan fingerprint density at radius 2 is 2.31 bits per heavy atom. The lowest BCUT2D eigenvalue weighted by Gasteiger charge is -2.09. The molecule has 0 radical (unpaired) electrons. The fraction of sp³-hybridized carbons (Fsp3) is 0.333. The van der Waals surface area contributed by atoms with Gasteiger partial charge < -0.3 is 4.74 Å². The van der Waals surface area contributed by atoms with Crippen molar-refractivity contribution >= 4 is 23.1 Å². The highest BCUT2D eigenvalue weighted by molar-refractivity contribution is 7.08. The summed E-state index contributed by atoms with van der Waals surface area (Å²) in [5.74, 6) is -0.847. The number of carbonyl (C=O) groups is 2. The van der Waals surface area contributed by atoms with E-state index in [0.717, 1.165) is 0 Å². The van der Waals surface area contributed by atoms with E-state index >= 15 is 0 Å². The molecule has 16 heavy (non-hydrogen) atoms. The summed E-state index contributed by atoms with van der Waals surface area (Å²) in [5, 5.41) is 3.54. The molecule has 0 saturated heterocycles. The van der Waals surface area contributed by atoms with Crippen molar-refractivity contribution in [3.8, 4) is 5.75 Å². The normalized spacial score (nSPS) is 12.6. The number of hydrogen-bond donors (Lipinski definition) is 0. The fourth-order valence-corrected chi connectivity index (χ4v) is 1.75. The standard InChI is InChI=1S/C12H14O3S/c1-3-4-5-11(9(2)13)12(14)15-10-6-7-16-8-10/h3-4,6-8,11H,5H2,1-2H3. The highest BCUT2D eigenvalue weighted by atomic mass is 32.1. The van der Waals surface area contributed by atoms with Gasteiger partial charge >= 0.3 is 5.97 Å². The Balaban J connectivity index is 2.64. The molecular weight excluding hydrogens is 224 g/mol. The highest BCUT2D eigenvalue weighted by Gasteiger charge is 2.24. The number of carbonyl (C=O) groups excluding carboxylic acids is 2. The summed E-state index contributed by atoms with van der Waals surface area (Å²) in [6.45, 7) is 3.25. The summed E-state index contributed by atoms with van der Waals surface area (Å²) in [6, 6.07) is 1.70. The monoisotopic (exact) mass is 238 g/mol. The number of Topliss-reactive ketones (excluding diaryl/α,β-unsaturated/α-hetero) is 1. The van der Waals surface area contributed by atoms with Crippen molar-refractivity contribution in [3.63, 3.8) is 0 Å². The summed E-state index contributed by atoms with van der Waals surface area (Å²) in [5.41, 5.74) is 0. The van der Waals surface area contributed by atoms with Crippen LogP contribution in [-0.2, 0) is 9.59 Å². The van der Waals surface area contributed by atoms with E-state index in [1.54, 1.807) is 17.5 Å². The zero-order valence-corrected chi connectivity index (χ0v) is 10.1. The molecule has 1 aromatic rings. The quantitative estimate of drug-likeness (QED) is 0.450. The van der Waals surface area contributed by atoms with E-state index in [2.05, 4.69) is 0 Å². The van der Waals surface area contributed by atoms with Gasteiger partial charge in [-0.15, -0.1) is 11.3 Å². The number of hydrogen-bond acceptors (Lipinski definition) is 4.